The van der Waals surface area contributed by atoms with Crippen LogP contribution < -0.4 is 10.6 Å². The van der Waals surface area contributed by atoms with Crippen LogP contribution in [0.2, 0.25) is 0 Å². The molecule has 0 radical (unpaired) electrons. The minimum absolute atomic E-state index is 0.00796. The number of fused-ring (bicyclic) bond motifs is 1. The van der Waals surface area contributed by atoms with Crippen LogP contribution in [-0.2, 0) is 11.2 Å². The van der Waals surface area contributed by atoms with Crippen molar-refractivity contribution in [1.29, 1.82) is 0 Å². The molecule has 1 amide bonds. The first-order chi connectivity index (χ1) is 9.74. The zero-order valence-electron chi connectivity index (χ0n) is 10.8. The SMILES string of the molecule is O=C(Nc1ncccc1Br)C1CNc2ccccc2C1. The van der Waals surface area contributed by atoms with Gasteiger partial charge in [0.2, 0.25) is 5.91 Å². The summed E-state index contributed by atoms with van der Waals surface area (Å²) >= 11 is 3.38. The van der Waals surface area contributed by atoms with E-state index in [4.69, 9.17) is 0 Å². The van der Waals surface area contributed by atoms with E-state index in [1.54, 1.807) is 6.20 Å². The van der Waals surface area contributed by atoms with Crippen molar-refractivity contribution in [1.82, 2.24) is 4.98 Å². The van der Waals surface area contributed by atoms with Gasteiger partial charge in [0.05, 0.1) is 10.4 Å². The van der Waals surface area contributed by atoms with Gasteiger partial charge >= 0.3 is 0 Å². The lowest BCUT2D eigenvalue weighted by Crippen LogP contribution is -2.34. The van der Waals surface area contributed by atoms with Crippen molar-refractivity contribution >= 4 is 33.3 Å². The van der Waals surface area contributed by atoms with E-state index in [0.717, 1.165) is 16.6 Å². The molecule has 0 fully saturated rings. The number of carbonyl (C=O) groups excluding carboxylic acids is 1. The van der Waals surface area contributed by atoms with Crippen LogP contribution in [0.15, 0.2) is 47.1 Å². The fourth-order valence-electron chi connectivity index (χ4n) is 2.32. The third-order valence-electron chi connectivity index (χ3n) is 3.39. The summed E-state index contributed by atoms with van der Waals surface area (Å²) in [6.45, 7) is 0.646. The summed E-state index contributed by atoms with van der Waals surface area (Å²) in [6.07, 6.45) is 2.41. The second-order valence-corrected chi connectivity index (χ2v) is 5.62. The van der Waals surface area contributed by atoms with Gasteiger partial charge in [0.25, 0.3) is 0 Å². The number of hydrogen-bond donors (Lipinski definition) is 2. The standard InChI is InChI=1S/C15H14BrN3O/c16-12-5-3-7-17-14(12)19-15(20)11-8-10-4-1-2-6-13(10)18-9-11/h1-7,11,18H,8-9H2,(H,17,19,20). The molecule has 1 aromatic heterocycles. The van der Waals surface area contributed by atoms with Crippen LogP contribution in [0, 0.1) is 5.92 Å². The van der Waals surface area contributed by atoms with Gasteiger partial charge in [0.1, 0.15) is 5.82 Å². The number of anilines is 2. The van der Waals surface area contributed by atoms with Gasteiger partial charge < -0.3 is 10.6 Å². The number of amides is 1. The predicted octanol–water partition coefficient (Wildman–Crippen LogP) is 3.07. The summed E-state index contributed by atoms with van der Waals surface area (Å²) < 4.78 is 0.789. The summed E-state index contributed by atoms with van der Waals surface area (Å²) in [5.41, 5.74) is 2.30. The summed E-state index contributed by atoms with van der Waals surface area (Å²) in [5.74, 6) is 0.474. The van der Waals surface area contributed by atoms with Crippen molar-refractivity contribution in [3.05, 3.63) is 52.6 Å². The van der Waals surface area contributed by atoms with E-state index in [-0.39, 0.29) is 11.8 Å². The predicted molar refractivity (Wildman–Crippen MR) is 82.7 cm³/mol. The molecule has 3 rings (SSSR count). The number of benzene rings is 1. The molecule has 20 heavy (non-hydrogen) atoms. The second-order valence-electron chi connectivity index (χ2n) is 4.76. The number of pyridine rings is 1. The summed E-state index contributed by atoms with van der Waals surface area (Å²) in [4.78, 5) is 16.5. The fourth-order valence-corrected chi connectivity index (χ4v) is 2.68. The molecule has 0 aliphatic carbocycles. The molecule has 2 N–H and O–H groups in total. The van der Waals surface area contributed by atoms with Crippen molar-refractivity contribution in [2.24, 2.45) is 5.92 Å². The molecule has 2 aromatic rings. The van der Waals surface area contributed by atoms with E-state index >= 15 is 0 Å². The lowest BCUT2D eigenvalue weighted by Gasteiger charge is -2.25. The third-order valence-corrected chi connectivity index (χ3v) is 4.03. The first-order valence-electron chi connectivity index (χ1n) is 6.47. The first-order valence-corrected chi connectivity index (χ1v) is 7.26. The molecule has 5 heteroatoms. The van der Waals surface area contributed by atoms with E-state index in [0.29, 0.717) is 12.4 Å². The molecule has 2 heterocycles. The molecule has 0 saturated heterocycles. The number of carbonyl (C=O) groups is 1. The fraction of sp³-hybridized carbons (Fsp3) is 0.200. The normalized spacial score (nSPS) is 16.9. The quantitative estimate of drug-likeness (QED) is 0.889. The lowest BCUT2D eigenvalue weighted by atomic mass is 9.93. The Morgan fingerprint density at radius 3 is 3.00 bits per heavy atom. The maximum Gasteiger partial charge on any atom is 0.230 e. The van der Waals surface area contributed by atoms with Crippen molar-refractivity contribution < 1.29 is 4.79 Å². The van der Waals surface area contributed by atoms with Crippen molar-refractivity contribution in [3.8, 4) is 0 Å². The topological polar surface area (TPSA) is 54.0 Å². The van der Waals surface area contributed by atoms with Gasteiger partial charge in [-0.2, -0.15) is 0 Å². The van der Waals surface area contributed by atoms with E-state index in [1.165, 1.54) is 5.56 Å². The van der Waals surface area contributed by atoms with Crippen molar-refractivity contribution in [3.63, 3.8) is 0 Å². The highest BCUT2D eigenvalue weighted by Crippen LogP contribution is 2.26. The van der Waals surface area contributed by atoms with Crippen LogP contribution in [0.5, 0.6) is 0 Å². The molecule has 4 nitrogen and oxygen atoms in total. The maximum absolute atomic E-state index is 12.3. The minimum Gasteiger partial charge on any atom is -0.384 e. The number of rotatable bonds is 2. The summed E-state index contributed by atoms with van der Waals surface area (Å²) in [6, 6.07) is 11.8. The van der Waals surface area contributed by atoms with Gasteiger partial charge in [-0.25, -0.2) is 4.98 Å². The number of nitrogens with zero attached hydrogens (tertiary/aromatic N) is 1. The van der Waals surface area contributed by atoms with E-state index in [2.05, 4.69) is 37.6 Å². The molecule has 0 bridgehead atoms. The highest BCUT2D eigenvalue weighted by molar-refractivity contribution is 9.10. The average Bonchev–Trinajstić information content (AvgIpc) is 2.49. The van der Waals surface area contributed by atoms with Crippen LogP contribution >= 0.6 is 15.9 Å². The molecule has 1 atom stereocenters. The Morgan fingerprint density at radius 2 is 2.15 bits per heavy atom. The molecular formula is C15H14BrN3O. The molecule has 1 aliphatic heterocycles. The Balaban J connectivity index is 1.72. The summed E-state index contributed by atoms with van der Waals surface area (Å²) in [7, 11) is 0. The Kier molecular flexibility index (Phi) is 3.69. The van der Waals surface area contributed by atoms with Gasteiger partial charge in [-0.1, -0.05) is 18.2 Å². The Morgan fingerprint density at radius 1 is 1.30 bits per heavy atom. The van der Waals surface area contributed by atoms with E-state index in [1.807, 2.05) is 30.3 Å². The number of nitrogens with one attached hydrogen (secondary N) is 2. The second kappa shape index (κ2) is 5.63. The molecular weight excluding hydrogens is 318 g/mol. The number of halogens is 1. The van der Waals surface area contributed by atoms with Crippen LogP contribution in [0.3, 0.4) is 0 Å². The highest BCUT2D eigenvalue weighted by atomic mass is 79.9. The lowest BCUT2D eigenvalue weighted by molar-refractivity contribution is -0.119. The van der Waals surface area contributed by atoms with Crippen molar-refractivity contribution in [2.45, 2.75) is 6.42 Å². The zero-order valence-corrected chi connectivity index (χ0v) is 12.4. The Labute approximate surface area is 125 Å². The van der Waals surface area contributed by atoms with E-state index in [9.17, 15) is 4.79 Å². The number of aromatic nitrogens is 1. The van der Waals surface area contributed by atoms with Crippen molar-refractivity contribution in [2.75, 3.05) is 17.2 Å². The van der Waals surface area contributed by atoms with E-state index < -0.39 is 0 Å². The Hall–Kier alpha value is -1.88. The maximum atomic E-state index is 12.3. The smallest absolute Gasteiger partial charge is 0.230 e. The average molecular weight is 332 g/mol. The molecule has 1 aliphatic rings. The van der Waals surface area contributed by atoms with Crippen LogP contribution in [0.25, 0.3) is 0 Å². The minimum atomic E-state index is -0.0844. The number of hydrogen-bond acceptors (Lipinski definition) is 3. The van der Waals surface area contributed by atoms with Gasteiger partial charge in [-0.15, -0.1) is 0 Å². The summed E-state index contributed by atoms with van der Waals surface area (Å²) in [5, 5.41) is 6.17. The van der Waals surface area contributed by atoms with Gasteiger partial charge in [-0.05, 0) is 46.1 Å². The zero-order chi connectivity index (χ0) is 13.9. The molecule has 0 saturated carbocycles. The Bertz CT molecular complexity index is 645. The third kappa shape index (κ3) is 2.67. The van der Waals surface area contributed by atoms with Gasteiger partial charge in [0, 0.05) is 18.4 Å². The van der Waals surface area contributed by atoms with Crippen LogP contribution in [0.4, 0.5) is 11.5 Å². The molecule has 0 spiro atoms. The van der Waals surface area contributed by atoms with Gasteiger partial charge in [-0.3, -0.25) is 4.79 Å². The molecule has 102 valence electrons. The van der Waals surface area contributed by atoms with Gasteiger partial charge in [0.15, 0.2) is 0 Å². The largest absolute Gasteiger partial charge is 0.384 e. The monoisotopic (exact) mass is 331 g/mol. The van der Waals surface area contributed by atoms with Crippen LogP contribution in [0.1, 0.15) is 5.56 Å². The molecule has 1 unspecified atom stereocenters. The number of para-hydroxylation sites is 1. The van der Waals surface area contributed by atoms with Crippen LogP contribution in [-0.4, -0.2) is 17.4 Å². The highest BCUT2D eigenvalue weighted by Gasteiger charge is 2.24. The first kappa shape index (κ1) is 13.1. The molecule has 1 aromatic carbocycles.